The van der Waals surface area contributed by atoms with Crippen LogP contribution < -0.4 is 9.64 Å². The average Bonchev–Trinajstić information content (AvgIpc) is 3.03. The second-order valence-electron chi connectivity index (χ2n) is 5.59. The van der Waals surface area contributed by atoms with Crippen LogP contribution in [0.2, 0.25) is 5.02 Å². The van der Waals surface area contributed by atoms with E-state index < -0.39 is 0 Å². The van der Waals surface area contributed by atoms with Gasteiger partial charge < -0.3 is 14.4 Å². The van der Waals surface area contributed by atoms with Crippen LogP contribution in [0.4, 0.5) is 5.82 Å². The maximum absolute atomic E-state index is 6.17. The van der Waals surface area contributed by atoms with E-state index in [0.717, 1.165) is 48.8 Å². The summed E-state index contributed by atoms with van der Waals surface area (Å²) < 4.78 is 12.6. The summed E-state index contributed by atoms with van der Waals surface area (Å²) in [5.74, 6) is 1.66. The van der Waals surface area contributed by atoms with Crippen molar-refractivity contribution in [1.29, 1.82) is 0 Å². The highest BCUT2D eigenvalue weighted by molar-refractivity contribution is 6.34. The lowest BCUT2D eigenvalue weighted by atomic mass is 10.1. The van der Waals surface area contributed by atoms with Gasteiger partial charge in [-0.05, 0) is 18.2 Å². The van der Waals surface area contributed by atoms with Gasteiger partial charge in [-0.1, -0.05) is 11.6 Å². The number of hydrogen-bond donors (Lipinski definition) is 0. The predicted molar refractivity (Wildman–Crippen MR) is 93.0 cm³/mol. The standard InChI is InChI=1S/C17H17ClN4O2/c1-23-15-8-13(11-22-17(15)14(18)10-20-22)12-2-3-16(19-9-12)21-4-6-24-7-5-21/h2-3,8-11H,4-7H2,1H3. The van der Waals surface area contributed by atoms with Crippen molar-refractivity contribution in [2.75, 3.05) is 38.3 Å². The van der Waals surface area contributed by atoms with Gasteiger partial charge in [0.25, 0.3) is 0 Å². The summed E-state index contributed by atoms with van der Waals surface area (Å²) in [6.07, 6.45) is 5.41. The zero-order valence-corrected chi connectivity index (χ0v) is 14.0. The van der Waals surface area contributed by atoms with Gasteiger partial charge in [0.15, 0.2) is 0 Å². The number of aromatic nitrogens is 3. The van der Waals surface area contributed by atoms with Crippen LogP contribution in [0, 0.1) is 0 Å². The Morgan fingerprint density at radius 1 is 1.17 bits per heavy atom. The highest BCUT2D eigenvalue weighted by atomic mass is 35.5. The van der Waals surface area contributed by atoms with Crippen LogP contribution in [0.1, 0.15) is 0 Å². The zero-order valence-electron chi connectivity index (χ0n) is 13.3. The second-order valence-corrected chi connectivity index (χ2v) is 5.99. The number of methoxy groups -OCH3 is 1. The van der Waals surface area contributed by atoms with Crippen LogP contribution in [0.15, 0.2) is 36.8 Å². The van der Waals surface area contributed by atoms with E-state index in [1.165, 1.54) is 0 Å². The van der Waals surface area contributed by atoms with E-state index in [9.17, 15) is 0 Å². The number of ether oxygens (including phenoxy) is 2. The molecule has 4 heterocycles. The van der Waals surface area contributed by atoms with E-state index in [-0.39, 0.29) is 0 Å². The Kier molecular flexibility index (Phi) is 4.00. The molecule has 0 unspecified atom stereocenters. The molecule has 3 aromatic heterocycles. The Labute approximate surface area is 144 Å². The lowest BCUT2D eigenvalue weighted by Crippen LogP contribution is -2.36. The van der Waals surface area contributed by atoms with Crippen LogP contribution in [-0.2, 0) is 4.74 Å². The van der Waals surface area contributed by atoms with Gasteiger partial charge in [0.05, 0.1) is 31.5 Å². The molecule has 0 atom stereocenters. The molecule has 124 valence electrons. The van der Waals surface area contributed by atoms with Crippen molar-refractivity contribution in [3.63, 3.8) is 0 Å². The largest absolute Gasteiger partial charge is 0.494 e. The fourth-order valence-electron chi connectivity index (χ4n) is 2.90. The van der Waals surface area contributed by atoms with Gasteiger partial charge >= 0.3 is 0 Å². The maximum atomic E-state index is 6.17. The van der Waals surface area contributed by atoms with E-state index in [4.69, 9.17) is 21.1 Å². The molecule has 0 aromatic carbocycles. The van der Waals surface area contributed by atoms with Crippen LogP contribution in [0.5, 0.6) is 5.75 Å². The number of morpholine rings is 1. The maximum Gasteiger partial charge on any atom is 0.146 e. The molecule has 7 heteroatoms. The number of rotatable bonds is 3. The van der Waals surface area contributed by atoms with Gasteiger partial charge in [0.2, 0.25) is 0 Å². The lowest BCUT2D eigenvalue weighted by molar-refractivity contribution is 0.122. The SMILES string of the molecule is COc1cc(-c2ccc(N3CCOCC3)nc2)cn2ncc(Cl)c12. The third-order valence-corrected chi connectivity index (χ3v) is 4.44. The minimum atomic E-state index is 0.569. The fraction of sp³-hybridized carbons (Fsp3) is 0.294. The van der Waals surface area contributed by atoms with Gasteiger partial charge in [0, 0.05) is 36.6 Å². The molecule has 0 aliphatic carbocycles. The number of anilines is 1. The Hall–Kier alpha value is -2.31. The molecule has 1 saturated heterocycles. The molecule has 6 nitrogen and oxygen atoms in total. The van der Waals surface area contributed by atoms with Crippen molar-refractivity contribution in [2.24, 2.45) is 0 Å². The van der Waals surface area contributed by atoms with Crippen LogP contribution in [0.3, 0.4) is 0 Å². The molecule has 3 aromatic rings. The Bertz CT molecular complexity index is 857. The van der Waals surface area contributed by atoms with Crippen molar-refractivity contribution in [3.8, 4) is 16.9 Å². The summed E-state index contributed by atoms with van der Waals surface area (Å²) in [6, 6.07) is 6.05. The predicted octanol–water partition coefficient (Wildman–Crippen LogP) is 2.89. The van der Waals surface area contributed by atoms with Crippen LogP contribution in [0.25, 0.3) is 16.6 Å². The molecule has 0 bridgehead atoms. The Morgan fingerprint density at radius 3 is 2.71 bits per heavy atom. The molecule has 0 amide bonds. The minimum absolute atomic E-state index is 0.569. The fourth-order valence-corrected chi connectivity index (χ4v) is 3.12. The lowest BCUT2D eigenvalue weighted by Gasteiger charge is -2.27. The molecule has 24 heavy (non-hydrogen) atoms. The topological polar surface area (TPSA) is 51.9 Å². The molecule has 1 aliphatic heterocycles. The number of pyridine rings is 2. The number of nitrogens with zero attached hydrogens (tertiary/aromatic N) is 4. The summed E-state index contributed by atoms with van der Waals surface area (Å²) in [5.41, 5.74) is 2.74. The van der Waals surface area contributed by atoms with Gasteiger partial charge in [-0.15, -0.1) is 0 Å². The third-order valence-electron chi connectivity index (χ3n) is 4.17. The van der Waals surface area contributed by atoms with Crippen LogP contribution in [-0.4, -0.2) is 48.0 Å². The van der Waals surface area contributed by atoms with Gasteiger partial charge in [-0.25, -0.2) is 9.50 Å². The highest BCUT2D eigenvalue weighted by Crippen LogP contribution is 2.32. The first-order valence-corrected chi connectivity index (χ1v) is 8.14. The van der Waals surface area contributed by atoms with Crippen molar-refractivity contribution >= 4 is 22.9 Å². The minimum Gasteiger partial charge on any atom is -0.494 e. The normalized spacial score (nSPS) is 15.0. The molecule has 4 rings (SSSR count). The molecule has 1 fully saturated rings. The van der Waals surface area contributed by atoms with Gasteiger partial charge in [-0.3, -0.25) is 0 Å². The highest BCUT2D eigenvalue weighted by Gasteiger charge is 2.14. The summed E-state index contributed by atoms with van der Waals surface area (Å²) in [7, 11) is 1.63. The molecule has 1 aliphatic rings. The molecule has 0 radical (unpaired) electrons. The Balaban J connectivity index is 1.69. The van der Waals surface area contributed by atoms with E-state index in [1.807, 2.05) is 24.5 Å². The number of halogens is 1. The van der Waals surface area contributed by atoms with Gasteiger partial charge in [0.1, 0.15) is 17.1 Å². The number of hydrogen-bond acceptors (Lipinski definition) is 5. The van der Waals surface area contributed by atoms with Crippen molar-refractivity contribution in [1.82, 2.24) is 14.6 Å². The average molecular weight is 345 g/mol. The summed E-state index contributed by atoms with van der Waals surface area (Å²) in [4.78, 5) is 6.82. The zero-order chi connectivity index (χ0) is 16.5. The summed E-state index contributed by atoms with van der Waals surface area (Å²) in [6.45, 7) is 3.24. The molecule has 0 spiro atoms. The van der Waals surface area contributed by atoms with E-state index >= 15 is 0 Å². The third kappa shape index (κ3) is 2.68. The summed E-state index contributed by atoms with van der Waals surface area (Å²) >= 11 is 6.17. The van der Waals surface area contributed by atoms with Crippen molar-refractivity contribution < 1.29 is 9.47 Å². The van der Waals surface area contributed by atoms with E-state index in [1.54, 1.807) is 17.8 Å². The first-order chi connectivity index (χ1) is 11.8. The van der Waals surface area contributed by atoms with Gasteiger partial charge in [-0.2, -0.15) is 5.10 Å². The Morgan fingerprint density at radius 2 is 2.00 bits per heavy atom. The first-order valence-electron chi connectivity index (χ1n) is 7.76. The summed E-state index contributed by atoms with van der Waals surface area (Å²) in [5, 5.41) is 4.83. The van der Waals surface area contributed by atoms with Crippen molar-refractivity contribution in [3.05, 3.63) is 41.8 Å². The quantitative estimate of drug-likeness (QED) is 0.731. The van der Waals surface area contributed by atoms with Crippen LogP contribution >= 0.6 is 11.6 Å². The number of fused-ring (bicyclic) bond motifs is 1. The molecule has 0 N–H and O–H groups in total. The first kappa shape index (κ1) is 15.2. The van der Waals surface area contributed by atoms with E-state index in [2.05, 4.69) is 21.0 Å². The van der Waals surface area contributed by atoms with Crippen molar-refractivity contribution in [2.45, 2.75) is 0 Å². The smallest absolute Gasteiger partial charge is 0.146 e. The monoisotopic (exact) mass is 344 g/mol. The second kappa shape index (κ2) is 6.30. The molecular formula is C17H17ClN4O2. The molecular weight excluding hydrogens is 328 g/mol. The molecule has 0 saturated carbocycles. The van der Waals surface area contributed by atoms with E-state index in [0.29, 0.717) is 10.8 Å².